The summed E-state index contributed by atoms with van der Waals surface area (Å²) < 4.78 is 5.37. The van der Waals surface area contributed by atoms with Crippen molar-refractivity contribution in [3.05, 3.63) is 59.7 Å². The van der Waals surface area contributed by atoms with Crippen LogP contribution in [-0.4, -0.2) is 44.7 Å². The maximum absolute atomic E-state index is 13.1. The van der Waals surface area contributed by atoms with Crippen molar-refractivity contribution >= 4 is 23.2 Å². The van der Waals surface area contributed by atoms with Crippen LogP contribution in [0.15, 0.2) is 48.5 Å². The number of hydrogen-bond acceptors (Lipinski definition) is 4. The molecule has 1 aliphatic rings. The lowest BCUT2D eigenvalue weighted by molar-refractivity contribution is -0.117. The Morgan fingerprint density at radius 3 is 2.48 bits per heavy atom. The number of carbonyl (C=O) groups is 2. The van der Waals surface area contributed by atoms with Gasteiger partial charge in [-0.25, -0.2) is 0 Å². The van der Waals surface area contributed by atoms with Gasteiger partial charge in [0.15, 0.2) is 0 Å². The van der Waals surface area contributed by atoms with Gasteiger partial charge in [-0.05, 0) is 62.8 Å². The molecule has 2 aromatic rings. The van der Waals surface area contributed by atoms with Crippen LogP contribution in [-0.2, 0) is 9.53 Å². The molecule has 1 atom stereocenters. The van der Waals surface area contributed by atoms with Crippen molar-refractivity contribution in [2.45, 2.75) is 51.9 Å². The third kappa shape index (κ3) is 7.06. The minimum atomic E-state index is -0.233. The van der Waals surface area contributed by atoms with Crippen LogP contribution in [0.3, 0.4) is 0 Å². The van der Waals surface area contributed by atoms with E-state index >= 15 is 0 Å². The van der Waals surface area contributed by atoms with E-state index in [4.69, 9.17) is 4.74 Å². The average Bonchev–Trinajstić information content (AvgIpc) is 2.85. The largest absolute Gasteiger partial charge is 0.382 e. The van der Waals surface area contributed by atoms with E-state index in [0.29, 0.717) is 37.4 Å². The summed E-state index contributed by atoms with van der Waals surface area (Å²) in [5.41, 5.74) is 3.19. The molecule has 0 radical (unpaired) electrons. The first-order chi connectivity index (χ1) is 16.1. The minimum Gasteiger partial charge on any atom is -0.382 e. The Bertz CT molecular complexity index is 895. The monoisotopic (exact) mass is 451 g/mol. The molecule has 1 unspecified atom stereocenters. The van der Waals surface area contributed by atoms with Gasteiger partial charge in [0, 0.05) is 44.2 Å². The second kappa shape index (κ2) is 13.0. The van der Waals surface area contributed by atoms with E-state index in [0.717, 1.165) is 43.6 Å². The molecule has 0 saturated carbocycles. The molecule has 2 aromatic carbocycles. The molecule has 178 valence electrons. The van der Waals surface area contributed by atoms with Crippen LogP contribution >= 0.6 is 0 Å². The molecule has 2 N–H and O–H groups in total. The Hall–Kier alpha value is -2.86. The summed E-state index contributed by atoms with van der Waals surface area (Å²) in [7, 11) is 0. The molecule has 1 aliphatic heterocycles. The van der Waals surface area contributed by atoms with Gasteiger partial charge in [-0.1, -0.05) is 37.3 Å². The summed E-state index contributed by atoms with van der Waals surface area (Å²) in [6.07, 6.45) is 4.95. The zero-order valence-corrected chi connectivity index (χ0v) is 19.9. The van der Waals surface area contributed by atoms with Crippen molar-refractivity contribution in [2.75, 3.05) is 43.1 Å². The van der Waals surface area contributed by atoms with Gasteiger partial charge >= 0.3 is 0 Å². The number of piperidine rings is 1. The van der Waals surface area contributed by atoms with Gasteiger partial charge in [0.1, 0.15) is 0 Å². The molecule has 2 amide bonds. The molecule has 0 aromatic heterocycles. The van der Waals surface area contributed by atoms with Gasteiger partial charge in [-0.15, -0.1) is 0 Å². The van der Waals surface area contributed by atoms with Crippen molar-refractivity contribution in [3.63, 3.8) is 0 Å². The highest BCUT2D eigenvalue weighted by Gasteiger charge is 2.22. The molecule has 6 heteroatoms. The molecular weight excluding hydrogens is 414 g/mol. The van der Waals surface area contributed by atoms with E-state index < -0.39 is 0 Å². The molecule has 6 nitrogen and oxygen atoms in total. The third-order valence-electron chi connectivity index (χ3n) is 6.09. The zero-order chi connectivity index (χ0) is 23.5. The van der Waals surface area contributed by atoms with Gasteiger partial charge in [0.25, 0.3) is 5.91 Å². The van der Waals surface area contributed by atoms with E-state index in [-0.39, 0.29) is 17.7 Å². The fraction of sp³-hybridized carbons (Fsp3) is 0.481. The maximum Gasteiger partial charge on any atom is 0.253 e. The highest BCUT2D eigenvalue weighted by atomic mass is 16.5. The standard InChI is InChI=1S/C27H37N3O3/c1-3-23(21-12-7-5-8-13-21)27(32)29-22-14-15-25(30-17-9-6-10-18-30)24(20-22)26(31)28-16-11-19-33-4-2/h5,7-8,12-15,20,23H,3-4,6,9-11,16-19H2,1-2H3,(H,28,31)(H,29,32). The first-order valence-corrected chi connectivity index (χ1v) is 12.2. The number of hydrogen-bond donors (Lipinski definition) is 2. The molecule has 3 rings (SSSR count). The second-order valence-corrected chi connectivity index (χ2v) is 8.45. The molecular formula is C27H37N3O3. The summed E-state index contributed by atoms with van der Waals surface area (Å²) in [6, 6.07) is 15.5. The number of carbonyl (C=O) groups excluding carboxylic acids is 2. The van der Waals surface area contributed by atoms with Crippen molar-refractivity contribution in [1.82, 2.24) is 5.32 Å². The van der Waals surface area contributed by atoms with Crippen LogP contribution < -0.4 is 15.5 Å². The van der Waals surface area contributed by atoms with Crippen LogP contribution in [0, 0.1) is 0 Å². The van der Waals surface area contributed by atoms with Gasteiger partial charge in [-0.2, -0.15) is 0 Å². The van der Waals surface area contributed by atoms with E-state index in [1.54, 1.807) is 0 Å². The number of nitrogens with zero attached hydrogens (tertiary/aromatic N) is 1. The number of benzene rings is 2. The van der Waals surface area contributed by atoms with Crippen molar-refractivity contribution in [1.29, 1.82) is 0 Å². The second-order valence-electron chi connectivity index (χ2n) is 8.45. The Morgan fingerprint density at radius 1 is 1.03 bits per heavy atom. The Labute approximate surface area is 197 Å². The Morgan fingerprint density at radius 2 is 1.79 bits per heavy atom. The van der Waals surface area contributed by atoms with E-state index in [1.807, 2.05) is 62.4 Å². The first kappa shape index (κ1) is 24.8. The van der Waals surface area contributed by atoms with Crippen LogP contribution in [0.25, 0.3) is 0 Å². The number of rotatable bonds is 11. The maximum atomic E-state index is 13.1. The van der Waals surface area contributed by atoms with Crippen molar-refractivity contribution < 1.29 is 14.3 Å². The molecule has 0 aliphatic carbocycles. The summed E-state index contributed by atoms with van der Waals surface area (Å²) in [6.45, 7) is 7.73. The Balaban J connectivity index is 1.77. The van der Waals surface area contributed by atoms with Crippen LogP contribution in [0.2, 0.25) is 0 Å². The minimum absolute atomic E-state index is 0.0579. The summed E-state index contributed by atoms with van der Waals surface area (Å²) in [5, 5.41) is 6.06. The molecule has 1 heterocycles. The lowest BCUT2D eigenvalue weighted by Gasteiger charge is -2.30. The molecule has 33 heavy (non-hydrogen) atoms. The van der Waals surface area contributed by atoms with Crippen molar-refractivity contribution in [3.8, 4) is 0 Å². The molecule has 1 saturated heterocycles. The van der Waals surface area contributed by atoms with E-state index in [1.165, 1.54) is 6.42 Å². The Kier molecular flexibility index (Phi) is 9.76. The fourth-order valence-corrected chi connectivity index (χ4v) is 4.31. The van der Waals surface area contributed by atoms with E-state index in [9.17, 15) is 9.59 Å². The van der Waals surface area contributed by atoms with Gasteiger partial charge < -0.3 is 20.3 Å². The van der Waals surface area contributed by atoms with Crippen LogP contribution in [0.4, 0.5) is 11.4 Å². The quantitative estimate of drug-likeness (QED) is 0.474. The highest BCUT2D eigenvalue weighted by Crippen LogP contribution is 2.28. The topological polar surface area (TPSA) is 70.7 Å². The lowest BCUT2D eigenvalue weighted by atomic mass is 9.95. The van der Waals surface area contributed by atoms with Gasteiger partial charge in [-0.3, -0.25) is 9.59 Å². The van der Waals surface area contributed by atoms with Gasteiger partial charge in [0.05, 0.1) is 11.5 Å². The van der Waals surface area contributed by atoms with Crippen LogP contribution in [0.5, 0.6) is 0 Å². The fourth-order valence-electron chi connectivity index (χ4n) is 4.31. The number of ether oxygens (including phenoxy) is 1. The third-order valence-corrected chi connectivity index (χ3v) is 6.09. The summed E-state index contributed by atoms with van der Waals surface area (Å²) >= 11 is 0. The molecule has 0 spiro atoms. The normalized spacial score (nSPS) is 14.5. The molecule has 1 fully saturated rings. The first-order valence-electron chi connectivity index (χ1n) is 12.2. The zero-order valence-electron chi connectivity index (χ0n) is 19.9. The number of nitrogens with one attached hydrogen (secondary N) is 2. The lowest BCUT2D eigenvalue weighted by Crippen LogP contribution is -2.33. The predicted molar refractivity (Wildman–Crippen MR) is 134 cm³/mol. The van der Waals surface area contributed by atoms with Crippen LogP contribution in [0.1, 0.15) is 67.8 Å². The highest BCUT2D eigenvalue weighted by molar-refractivity contribution is 6.02. The van der Waals surface area contributed by atoms with Gasteiger partial charge in [0.2, 0.25) is 5.91 Å². The summed E-state index contributed by atoms with van der Waals surface area (Å²) in [4.78, 5) is 28.4. The van der Waals surface area contributed by atoms with E-state index in [2.05, 4.69) is 15.5 Å². The summed E-state index contributed by atoms with van der Waals surface area (Å²) in [5.74, 6) is -0.403. The smallest absolute Gasteiger partial charge is 0.253 e. The predicted octanol–water partition coefficient (Wildman–Crippen LogP) is 4.97. The SMILES string of the molecule is CCOCCCNC(=O)c1cc(NC(=O)C(CC)c2ccccc2)ccc1N1CCCCC1. The number of anilines is 2. The van der Waals surface area contributed by atoms with Crippen molar-refractivity contribution in [2.24, 2.45) is 0 Å². The molecule has 0 bridgehead atoms. The number of amides is 2. The average molecular weight is 452 g/mol.